The SMILES string of the molecule is CC1=NOC(=O)/C1=C\c1ccc(-c2ccc(Cl)c(C(=O)OCc3ccccc3Cl)c2)o1. The lowest BCUT2D eigenvalue weighted by molar-refractivity contribution is -0.136. The molecule has 8 heteroatoms. The first-order valence-corrected chi connectivity index (χ1v) is 9.96. The van der Waals surface area contributed by atoms with Crippen LogP contribution in [0.15, 0.2) is 69.7 Å². The number of benzene rings is 2. The molecule has 156 valence electrons. The summed E-state index contributed by atoms with van der Waals surface area (Å²) in [5.74, 6) is -0.187. The van der Waals surface area contributed by atoms with Gasteiger partial charge < -0.3 is 14.0 Å². The third kappa shape index (κ3) is 4.55. The van der Waals surface area contributed by atoms with Crippen LogP contribution >= 0.6 is 23.2 Å². The van der Waals surface area contributed by atoms with Gasteiger partial charge >= 0.3 is 11.9 Å². The lowest BCUT2D eigenvalue weighted by Crippen LogP contribution is -2.06. The van der Waals surface area contributed by atoms with Crippen molar-refractivity contribution < 1.29 is 23.6 Å². The standard InChI is InChI=1S/C23H15Cl2NO5/c1-13-17(23(28)31-26-13)11-16-7-9-21(30-16)14-6-8-20(25)18(10-14)22(27)29-12-15-4-2-3-5-19(15)24/h2-11H,12H2,1H3/b17-11-. The maximum Gasteiger partial charge on any atom is 0.367 e. The Kier molecular flexibility index (Phi) is 5.93. The Morgan fingerprint density at radius 2 is 1.90 bits per heavy atom. The molecule has 0 spiro atoms. The molecule has 0 bridgehead atoms. The molecule has 4 rings (SSSR count). The maximum atomic E-state index is 12.6. The first-order valence-electron chi connectivity index (χ1n) is 9.20. The lowest BCUT2D eigenvalue weighted by Gasteiger charge is -2.09. The Hall–Kier alpha value is -3.35. The first kappa shape index (κ1) is 20.9. The second-order valence-electron chi connectivity index (χ2n) is 6.68. The van der Waals surface area contributed by atoms with Crippen LogP contribution in [0.1, 0.15) is 28.6 Å². The Labute approximate surface area is 187 Å². The summed E-state index contributed by atoms with van der Waals surface area (Å²) in [5, 5.41) is 4.39. The lowest BCUT2D eigenvalue weighted by atomic mass is 10.1. The average Bonchev–Trinajstić information content (AvgIpc) is 3.35. The van der Waals surface area contributed by atoms with Crippen LogP contribution in [0.4, 0.5) is 0 Å². The van der Waals surface area contributed by atoms with Gasteiger partial charge in [-0.1, -0.05) is 46.6 Å². The molecular formula is C23H15Cl2NO5. The number of rotatable bonds is 5. The number of furan rings is 1. The van der Waals surface area contributed by atoms with E-state index < -0.39 is 11.9 Å². The summed E-state index contributed by atoms with van der Waals surface area (Å²) >= 11 is 12.3. The van der Waals surface area contributed by atoms with Crippen LogP contribution in [0.2, 0.25) is 10.0 Å². The molecule has 0 aliphatic carbocycles. The van der Waals surface area contributed by atoms with E-state index in [2.05, 4.69) is 9.99 Å². The fraction of sp³-hybridized carbons (Fsp3) is 0.0870. The van der Waals surface area contributed by atoms with Crippen LogP contribution in [-0.2, 0) is 21.0 Å². The quantitative estimate of drug-likeness (QED) is 0.270. The van der Waals surface area contributed by atoms with Crippen molar-refractivity contribution in [2.24, 2.45) is 5.16 Å². The molecule has 0 amide bonds. The Morgan fingerprint density at radius 3 is 2.65 bits per heavy atom. The van der Waals surface area contributed by atoms with Crippen LogP contribution in [-0.4, -0.2) is 17.7 Å². The Bertz CT molecular complexity index is 1240. The molecular weight excluding hydrogens is 441 g/mol. The monoisotopic (exact) mass is 455 g/mol. The predicted molar refractivity (Wildman–Crippen MR) is 117 cm³/mol. The fourth-order valence-corrected chi connectivity index (χ4v) is 3.30. The van der Waals surface area contributed by atoms with Crippen molar-refractivity contribution >= 4 is 46.9 Å². The van der Waals surface area contributed by atoms with Gasteiger partial charge in [-0.2, -0.15) is 0 Å². The molecule has 0 fully saturated rings. The van der Waals surface area contributed by atoms with Gasteiger partial charge in [0.2, 0.25) is 0 Å². The second-order valence-corrected chi connectivity index (χ2v) is 7.49. The molecule has 2 heterocycles. The normalized spacial score (nSPS) is 14.5. The molecule has 0 saturated heterocycles. The molecule has 1 aliphatic heterocycles. The zero-order valence-corrected chi connectivity index (χ0v) is 17.7. The largest absolute Gasteiger partial charge is 0.457 e. The highest BCUT2D eigenvalue weighted by atomic mass is 35.5. The summed E-state index contributed by atoms with van der Waals surface area (Å²) < 4.78 is 11.2. The number of oxime groups is 1. The van der Waals surface area contributed by atoms with E-state index in [9.17, 15) is 9.59 Å². The summed E-state index contributed by atoms with van der Waals surface area (Å²) in [6, 6.07) is 15.4. The van der Waals surface area contributed by atoms with Crippen molar-refractivity contribution in [3.8, 4) is 11.3 Å². The minimum Gasteiger partial charge on any atom is -0.457 e. The topological polar surface area (TPSA) is 78.1 Å². The summed E-state index contributed by atoms with van der Waals surface area (Å²) in [6.45, 7) is 1.69. The molecule has 0 N–H and O–H groups in total. The molecule has 1 aromatic heterocycles. The summed E-state index contributed by atoms with van der Waals surface area (Å²) in [6.07, 6.45) is 1.55. The van der Waals surface area contributed by atoms with Gasteiger partial charge in [0.25, 0.3) is 0 Å². The summed E-state index contributed by atoms with van der Waals surface area (Å²) in [7, 11) is 0. The van der Waals surface area contributed by atoms with E-state index in [4.69, 9.17) is 32.4 Å². The smallest absolute Gasteiger partial charge is 0.367 e. The Morgan fingerprint density at radius 1 is 1.10 bits per heavy atom. The highest BCUT2D eigenvalue weighted by Gasteiger charge is 2.22. The van der Waals surface area contributed by atoms with Crippen LogP contribution in [0.25, 0.3) is 17.4 Å². The number of carbonyl (C=O) groups is 2. The van der Waals surface area contributed by atoms with E-state index in [-0.39, 0.29) is 17.2 Å². The van der Waals surface area contributed by atoms with Crippen molar-refractivity contribution in [1.82, 2.24) is 0 Å². The predicted octanol–water partition coefficient (Wildman–Crippen LogP) is 5.93. The molecule has 6 nitrogen and oxygen atoms in total. The van der Waals surface area contributed by atoms with Crippen LogP contribution < -0.4 is 0 Å². The van der Waals surface area contributed by atoms with E-state index in [1.165, 1.54) is 0 Å². The van der Waals surface area contributed by atoms with E-state index in [0.29, 0.717) is 39.0 Å². The van der Waals surface area contributed by atoms with Gasteiger partial charge in [0, 0.05) is 16.1 Å². The number of halogens is 2. The van der Waals surface area contributed by atoms with Gasteiger partial charge in [-0.05, 0) is 49.4 Å². The van der Waals surface area contributed by atoms with Gasteiger partial charge in [0.05, 0.1) is 21.9 Å². The van der Waals surface area contributed by atoms with Crippen molar-refractivity contribution in [3.05, 3.63) is 87.1 Å². The van der Waals surface area contributed by atoms with Gasteiger partial charge in [0.1, 0.15) is 18.1 Å². The summed E-state index contributed by atoms with van der Waals surface area (Å²) in [5.41, 5.74) is 2.31. The van der Waals surface area contributed by atoms with Gasteiger partial charge in [0.15, 0.2) is 0 Å². The highest BCUT2D eigenvalue weighted by Crippen LogP contribution is 2.29. The fourth-order valence-electron chi connectivity index (χ4n) is 2.92. The molecule has 3 aromatic rings. The molecule has 0 atom stereocenters. The van der Waals surface area contributed by atoms with Gasteiger partial charge in [-0.15, -0.1) is 0 Å². The van der Waals surface area contributed by atoms with Gasteiger partial charge in [-0.25, -0.2) is 9.59 Å². The van der Waals surface area contributed by atoms with E-state index in [1.54, 1.807) is 61.5 Å². The van der Waals surface area contributed by atoms with Crippen LogP contribution in [0.3, 0.4) is 0 Å². The minimum atomic E-state index is -0.582. The maximum absolute atomic E-state index is 12.6. The average molecular weight is 456 g/mol. The summed E-state index contributed by atoms with van der Waals surface area (Å²) in [4.78, 5) is 28.9. The van der Waals surface area contributed by atoms with Gasteiger partial charge in [-0.3, -0.25) is 0 Å². The van der Waals surface area contributed by atoms with Crippen molar-refractivity contribution in [2.45, 2.75) is 13.5 Å². The van der Waals surface area contributed by atoms with Crippen molar-refractivity contribution in [2.75, 3.05) is 0 Å². The van der Waals surface area contributed by atoms with Crippen molar-refractivity contribution in [3.63, 3.8) is 0 Å². The van der Waals surface area contributed by atoms with Crippen molar-refractivity contribution in [1.29, 1.82) is 0 Å². The molecule has 2 aromatic carbocycles. The number of ether oxygens (including phenoxy) is 1. The number of hydrogen-bond acceptors (Lipinski definition) is 6. The molecule has 1 aliphatic rings. The van der Waals surface area contributed by atoms with E-state index >= 15 is 0 Å². The minimum absolute atomic E-state index is 0.0224. The highest BCUT2D eigenvalue weighted by molar-refractivity contribution is 6.33. The Balaban J connectivity index is 1.54. The van der Waals surface area contributed by atoms with E-state index in [0.717, 1.165) is 0 Å². The van der Waals surface area contributed by atoms with Crippen LogP contribution in [0.5, 0.6) is 0 Å². The molecule has 31 heavy (non-hydrogen) atoms. The number of nitrogens with zero attached hydrogens (tertiary/aromatic N) is 1. The zero-order chi connectivity index (χ0) is 22.0. The molecule has 0 saturated carbocycles. The number of hydrogen-bond donors (Lipinski definition) is 0. The third-order valence-corrected chi connectivity index (χ3v) is 5.27. The van der Waals surface area contributed by atoms with E-state index in [1.807, 2.05) is 6.07 Å². The molecule has 0 radical (unpaired) electrons. The second kappa shape index (κ2) is 8.79. The zero-order valence-electron chi connectivity index (χ0n) is 16.2. The third-order valence-electron chi connectivity index (χ3n) is 4.58. The first-order chi connectivity index (χ1) is 14.9. The molecule has 0 unspecified atom stereocenters. The number of carbonyl (C=O) groups excluding carboxylic acids is 2. The van der Waals surface area contributed by atoms with Crippen LogP contribution in [0, 0.1) is 0 Å². The number of esters is 1.